The molecule has 0 aliphatic rings. The monoisotopic (exact) mass is 974 g/mol. The Morgan fingerprint density at radius 1 is 0.455 bits per heavy atom. The lowest BCUT2D eigenvalue weighted by Gasteiger charge is -2.23. The first-order valence-corrected chi connectivity index (χ1v) is 27.2. The second kappa shape index (κ2) is 36.9. The topological polar surface area (TPSA) is 95.2 Å². The number of rotatable bonds is 16. The summed E-state index contributed by atoms with van der Waals surface area (Å²) in [6.45, 7) is 31.6. The van der Waals surface area contributed by atoms with Crippen LogP contribution in [0.3, 0.4) is 0 Å². The third-order valence-electron chi connectivity index (χ3n) is 7.77. The van der Waals surface area contributed by atoms with Crippen LogP contribution in [0, 0.1) is 45.3 Å². The third kappa shape index (κ3) is 36.7. The Hall–Kier alpha value is 1.12. The summed E-state index contributed by atoms with van der Waals surface area (Å²) >= 11 is 33.8. The summed E-state index contributed by atoms with van der Waals surface area (Å²) < 4.78 is 2.93. The molecule has 0 aromatic carbocycles. The summed E-state index contributed by atoms with van der Waals surface area (Å²) in [6, 6.07) is 8.86. The summed E-state index contributed by atoms with van der Waals surface area (Å²) in [6.07, 6.45) is 7.81. The number of hydrogen-bond acceptors (Lipinski definition) is 16. The second-order valence-electron chi connectivity index (χ2n) is 13.1. The van der Waals surface area contributed by atoms with Crippen LogP contribution in [0.2, 0.25) is 0 Å². The molecule has 0 aliphatic carbocycles. The van der Waals surface area contributed by atoms with Crippen molar-refractivity contribution < 1.29 is 0 Å². The van der Waals surface area contributed by atoms with Crippen LogP contribution < -0.4 is 0 Å². The zero-order chi connectivity index (χ0) is 43.8. The average molecular weight is 976 g/mol. The van der Waals surface area contributed by atoms with E-state index in [1.807, 2.05) is 88.6 Å². The lowest BCUT2D eigenvalue weighted by Crippen LogP contribution is -2.21. The summed E-state index contributed by atoms with van der Waals surface area (Å²) in [4.78, 5) is 0. The highest BCUT2D eigenvalue weighted by atomic mass is 32.2. The summed E-state index contributed by atoms with van der Waals surface area (Å²) in [7, 11) is 0. The first-order chi connectivity index (χ1) is 25.5. The third-order valence-corrected chi connectivity index (χ3v) is 19.8. The van der Waals surface area contributed by atoms with Gasteiger partial charge in [0.2, 0.25) is 0 Å². The van der Waals surface area contributed by atoms with Gasteiger partial charge in [-0.15, -0.1) is 47.0 Å². The van der Waals surface area contributed by atoms with E-state index in [1.165, 1.54) is 72.7 Å². The predicted octanol–water partition coefficient (Wildman–Crippen LogP) is 16.5. The molecule has 0 fully saturated rings. The normalized spacial score (nSPS) is 15.4. The Kier molecular flexibility index (Phi) is 42.1. The highest BCUT2D eigenvalue weighted by molar-refractivity contribution is 8.49. The van der Waals surface area contributed by atoms with Crippen LogP contribution in [0.15, 0.2) is 0 Å². The predicted molar refractivity (Wildman–Crippen MR) is 283 cm³/mol. The summed E-state index contributed by atoms with van der Waals surface area (Å²) in [5, 5.41) is 37.4. The Labute approximate surface area is 394 Å². The second-order valence-corrected chi connectivity index (χ2v) is 29.4. The molecule has 7 atom stereocenters. The summed E-state index contributed by atoms with van der Waals surface area (Å²) in [5.41, 5.74) is 0. The van der Waals surface area contributed by atoms with Crippen molar-refractivity contribution in [3.8, 4) is 24.3 Å². The van der Waals surface area contributed by atoms with Crippen molar-refractivity contribution in [2.75, 3.05) is 0 Å². The van der Waals surface area contributed by atoms with Gasteiger partial charge >= 0.3 is 0 Å². The molecule has 0 heterocycles. The largest absolute Gasteiger partial charge is 0.197 e. The molecule has 4 nitrogen and oxygen atoms in total. The average Bonchev–Trinajstić information content (AvgIpc) is 3.15. The zero-order valence-corrected chi connectivity index (χ0v) is 45.5. The van der Waals surface area contributed by atoms with E-state index >= 15 is 0 Å². The first-order valence-electron chi connectivity index (χ1n) is 18.7. The number of nitrogens with zero attached hydrogens (tertiary/aromatic N) is 4. The molecule has 7 unspecified atom stereocenters. The molecule has 16 heteroatoms. The van der Waals surface area contributed by atoms with Gasteiger partial charge in [0, 0.05) is 20.5 Å². The summed E-state index contributed by atoms with van der Waals surface area (Å²) in [5.74, 6) is 0. The van der Waals surface area contributed by atoms with Crippen molar-refractivity contribution >= 4 is 157 Å². The SMILES string of the molecule is CCC(C#N)SC(=S)SC(C#N)CC.CCC(C)(C#N)SC(=S)SC(C)(C#N)CC.CCC(C)SC(=S)SC(C)(C)CC.CCC(C)SC(=S)SC(C)CC. The van der Waals surface area contributed by atoms with Crippen molar-refractivity contribution in [2.45, 2.75) is 196 Å². The fourth-order valence-corrected chi connectivity index (χ4v) is 15.3. The molecule has 55 heavy (non-hydrogen) atoms. The molecule has 0 aromatic heterocycles. The Morgan fingerprint density at radius 2 is 0.764 bits per heavy atom. The lowest BCUT2D eigenvalue weighted by molar-refractivity contribution is 0.689. The van der Waals surface area contributed by atoms with Gasteiger partial charge in [-0.3, -0.25) is 0 Å². The standard InChI is InChI=1S/C11H16N2S3.C10H20S3.C9H12N2S3.C9H18S3/c1-5-10(3,7-12)15-9(14)16-11(4,6-2)8-13;1-6-8(3)12-9(11)13-10(4,5)7-2;1-3-7(5-10)13-9(12)14-8(4-2)6-11;1-5-7(3)11-9(10)12-8(4)6-2/h5-6H2,1-4H3;8H,6-7H2,1-5H3;7-8H,3-4H2,1-2H3;7-8H,5-6H2,1-4H3. The minimum atomic E-state index is -0.478. The van der Waals surface area contributed by atoms with E-state index in [4.69, 9.17) is 69.9 Å². The molecule has 0 saturated heterocycles. The fourth-order valence-electron chi connectivity index (χ4n) is 2.49. The van der Waals surface area contributed by atoms with Gasteiger partial charge in [0.25, 0.3) is 0 Å². The van der Waals surface area contributed by atoms with Crippen LogP contribution in [0.5, 0.6) is 0 Å². The number of nitriles is 4. The van der Waals surface area contributed by atoms with E-state index in [0.29, 0.717) is 27.6 Å². The number of thiocarbonyl (C=S) groups is 4. The fraction of sp³-hybridized carbons (Fsp3) is 0.795. The first kappa shape index (κ1) is 62.8. The van der Waals surface area contributed by atoms with Crippen LogP contribution in [-0.4, -0.2) is 54.6 Å². The van der Waals surface area contributed by atoms with E-state index < -0.39 is 9.49 Å². The van der Waals surface area contributed by atoms with Crippen molar-refractivity contribution in [3.63, 3.8) is 0 Å². The maximum atomic E-state index is 9.04. The van der Waals surface area contributed by atoms with Gasteiger partial charge in [0.15, 0.2) is 0 Å². The van der Waals surface area contributed by atoms with Gasteiger partial charge in [-0.2, -0.15) is 21.0 Å². The quantitative estimate of drug-likeness (QED) is 0.137. The lowest BCUT2D eigenvalue weighted by atomic mass is 10.1. The van der Waals surface area contributed by atoms with Crippen LogP contribution in [0.1, 0.15) is 155 Å². The minimum Gasteiger partial charge on any atom is -0.197 e. The Bertz CT molecular complexity index is 1210. The van der Waals surface area contributed by atoms with Gasteiger partial charge in [-0.05, 0) is 65.2 Å². The molecule has 0 amide bonds. The van der Waals surface area contributed by atoms with Crippen LogP contribution in [0.4, 0.5) is 0 Å². The Morgan fingerprint density at radius 3 is 1.00 bits per heavy atom. The molecule has 0 aromatic rings. The van der Waals surface area contributed by atoms with E-state index in [9.17, 15) is 0 Å². The molecular formula is C39H66N4S12. The maximum absolute atomic E-state index is 9.04. The number of hydrogen-bond donors (Lipinski definition) is 0. The van der Waals surface area contributed by atoms with Crippen LogP contribution in [-0.2, 0) is 0 Å². The smallest absolute Gasteiger partial charge is 0.107 e. The van der Waals surface area contributed by atoms with Gasteiger partial charge in [0.05, 0.1) is 34.8 Å². The Balaban J connectivity index is -0.000000317. The molecule has 0 aliphatic heterocycles. The van der Waals surface area contributed by atoms with Crippen LogP contribution >= 0.6 is 143 Å². The molecule has 0 rings (SSSR count). The minimum absolute atomic E-state index is 0.0776. The van der Waals surface area contributed by atoms with Gasteiger partial charge in [-0.25, -0.2) is 0 Å². The maximum Gasteiger partial charge on any atom is 0.107 e. The molecule has 0 bridgehead atoms. The molecular weight excluding hydrogens is 909 g/mol. The van der Waals surface area contributed by atoms with E-state index in [2.05, 4.69) is 86.6 Å². The van der Waals surface area contributed by atoms with Crippen molar-refractivity contribution in [1.29, 1.82) is 21.0 Å². The molecule has 0 N–H and O–H groups in total. The number of thioether (sulfide) groups is 8. The van der Waals surface area contributed by atoms with E-state index in [-0.39, 0.29) is 10.5 Å². The molecule has 0 radical (unpaired) electrons. The van der Waals surface area contributed by atoms with Gasteiger partial charge < -0.3 is 0 Å². The molecule has 314 valence electrons. The molecule has 0 spiro atoms. The highest BCUT2D eigenvalue weighted by Crippen LogP contribution is 2.39. The molecule has 0 saturated carbocycles. The van der Waals surface area contributed by atoms with E-state index in [1.54, 1.807) is 0 Å². The van der Waals surface area contributed by atoms with Gasteiger partial charge in [-0.1, -0.05) is 186 Å². The van der Waals surface area contributed by atoms with Gasteiger partial charge in [0.1, 0.15) is 23.6 Å². The van der Waals surface area contributed by atoms with Crippen molar-refractivity contribution in [1.82, 2.24) is 0 Å². The highest BCUT2D eigenvalue weighted by Gasteiger charge is 2.30. The van der Waals surface area contributed by atoms with Crippen molar-refractivity contribution in [3.05, 3.63) is 0 Å². The van der Waals surface area contributed by atoms with Crippen molar-refractivity contribution in [2.24, 2.45) is 0 Å². The van der Waals surface area contributed by atoms with Crippen LogP contribution in [0.25, 0.3) is 0 Å². The zero-order valence-electron chi connectivity index (χ0n) is 35.7. The van der Waals surface area contributed by atoms with E-state index in [0.717, 1.165) is 32.7 Å².